The molecule has 0 unspecified atom stereocenters. The first-order chi connectivity index (χ1) is 13.0. The van der Waals surface area contributed by atoms with E-state index in [9.17, 15) is 4.79 Å². The number of halogens is 2. The van der Waals surface area contributed by atoms with Crippen LogP contribution in [0.3, 0.4) is 0 Å². The van der Waals surface area contributed by atoms with Gasteiger partial charge < -0.3 is 10.1 Å². The van der Waals surface area contributed by atoms with E-state index in [4.69, 9.17) is 33.2 Å². The molecule has 3 aromatic carbocycles. The second kappa shape index (κ2) is 8.59. The maximum absolute atomic E-state index is 12.0. The molecular formula is C21H14Cl2N2O2. The van der Waals surface area contributed by atoms with Gasteiger partial charge in [-0.15, -0.1) is 0 Å². The highest BCUT2D eigenvalue weighted by Crippen LogP contribution is 2.26. The van der Waals surface area contributed by atoms with Crippen LogP contribution in [-0.4, -0.2) is 12.5 Å². The van der Waals surface area contributed by atoms with Crippen LogP contribution in [0.5, 0.6) is 5.75 Å². The van der Waals surface area contributed by atoms with E-state index in [0.29, 0.717) is 27.0 Å². The van der Waals surface area contributed by atoms with E-state index in [1.165, 1.54) is 0 Å². The van der Waals surface area contributed by atoms with Gasteiger partial charge in [0.1, 0.15) is 5.75 Å². The van der Waals surface area contributed by atoms with E-state index in [-0.39, 0.29) is 12.5 Å². The lowest BCUT2D eigenvalue weighted by Crippen LogP contribution is -2.20. The Morgan fingerprint density at radius 3 is 2.19 bits per heavy atom. The smallest absolute Gasteiger partial charge is 0.262 e. The summed E-state index contributed by atoms with van der Waals surface area (Å²) in [7, 11) is 0. The summed E-state index contributed by atoms with van der Waals surface area (Å²) < 4.78 is 5.51. The molecule has 1 amide bonds. The van der Waals surface area contributed by atoms with Gasteiger partial charge in [-0.1, -0.05) is 47.5 Å². The van der Waals surface area contributed by atoms with Gasteiger partial charge in [0, 0.05) is 5.02 Å². The molecule has 27 heavy (non-hydrogen) atoms. The molecule has 0 aromatic heterocycles. The number of hydrogen-bond donors (Lipinski definition) is 1. The minimum atomic E-state index is -0.324. The van der Waals surface area contributed by atoms with E-state index in [1.807, 2.05) is 24.3 Å². The molecule has 0 aliphatic rings. The number of nitrogens with zero attached hydrogens (tertiary/aromatic N) is 1. The van der Waals surface area contributed by atoms with Crippen LogP contribution in [0.1, 0.15) is 5.56 Å². The van der Waals surface area contributed by atoms with Crippen molar-refractivity contribution in [1.82, 2.24) is 0 Å². The summed E-state index contributed by atoms with van der Waals surface area (Å²) in [5.41, 5.74) is 3.08. The van der Waals surface area contributed by atoms with Gasteiger partial charge in [0.05, 0.1) is 22.3 Å². The molecule has 0 heterocycles. The number of anilines is 1. The summed E-state index contributed by atoms with van der Waals surface area (Å²) in [4.78, 5) is 12.0. The van der Waals surface area contributed by atoms with Gasteiger partial charge in [-0.05, 0) is 53.6 Å². The van der Waals surface area contributed by atoms with Gasteiger partial charge in [0.2, 0.25) is 0 Å². The number of nitriles is 1. The van der Waals surface area contributed by atoms with Crippen LogP contribution in [0.2, 0.25) is 10.0 Å². The van der Waals surface area contributed by atoms with Crippen molar-refractivity contribution in [3.8, 4) is 22.9 Å². The first kappa shape index (κ1) is 18.8. The molecule has 0 spiro atoms. The zero-order valence-corrected chi connectivity index (χ0v) is 15.6. The van der Waals surface area contributed by atoms with Crippen molar-refractivity contribution in [1.29, 1.82) is 5.26 Å². The molecule has 3 rings (SSSR count). The molecule has 0 saturated heterocycles. The monoisotopic (exact) mass is 396 g/mol. The van der Waals surface area contributed by atoms with Crippen molar-refractivity contribution in [2.45, 2.75) is 0 Å². The maximum atomic E-state index is 12.0. The Morgan fingerprint density at radius 2 is 1.59 bits per heavy atom. The van der Waals surface area contributed by atoms with Gasteiger partial charge in [-0.2, -0.15) is 5.26 Å². The highest BCUT2D eigenvalue weighted by Gasteiger charge is 2.08. The molecule has 0 aliphatic carbocycles. The fourth-order valence-corrected chi connectivity index (χ4v) is 2.86. The molecule has 3 aromatic rings. The molecule has 6 heteroatoms. The van der Waals surface area contributed by atoms with Gasteiger partial charge >= 0.3 is 0 Å². The van der Waals surface area contributed by atoms with Crippen molar-refractivity contribution >= 4 is 34.8 Å². The molecule has 0 bridgehead atoms. The maximum Gasteiger partial charge on any atom is 0.262 e. The third kappa shape index (κ3) is 5.01. The number of carbonyl (C=O) groups is 1. The van der Waals surface area contributed by atoms with E-state index >= 15 is 0 Å². The molecule has 134 valence electrons. The molecule has 4 nitrogen and oxygen atoms in total. The predicted molar refractivity (Wildman–Crippen MR) is 107 cm³/mol. The normalized spacial score (nSPS) is 10.1. The summed E-state index contributed by atoms with van der Waals surface area (Å²) in [5, 5.41) is 12.4. The van der Waals surface area contributed by atoms with Gasteiger partial charge in [-0.3, -0.25) is 4.79 Å². The number of benzene rings is 3. The highest BCUT2D eigenvalue weighted by atomic mass is 35.5. The molecule has 0 fully saturated rings. The SMILES string of the molecule is N#Cc1ccc(-c2ccc(OCC(=O)Nc3ccc(Cl)cc3Cl)cc2)cc1. The Kier molecular flexibility index (Phi) is 5.97. The van der Waals surface area contributed by atoms with E-state index in [0.717, 1.165) is 11.1 Å². The van der Waals surface area contributed by atoms with Crippen molar-refractivity contribution < 1.29 is 9.53 Å². The van der Waals surface area contributed by atoms with Crippen LogP contribution in [-0.2, 0) is 4.79 Å². The van der Waals surface area contributed by atoms with Gasteiger partial charge in [0.25, 0.3) is 5.91 Å². The van der Waals surface area contributed by atoms with Crippen LogP contribution >= 0.6 is 23.2 Å². The first-order valence-electron chi connectivity index (χ1n) is 8.03. The molecule has 0 atom stereocenters. The number of carbonyl (C=O) groups excluding carboxylic acids is 1. The van der Waals surface area contributed by atoms with Crippen molar-refractivity contribution in [3.63, 3.8) is 0 Å². The van der Waals surface area contributed by atoms with E-state index in [2.05, 4.69) is 11.4 Å². The number of hydrogen-bond acceptors (Lipinski definition) is 3. The molecule has 0 aliphatic heterocycles. The van der Waals surface area contributed by atoms with Gasteiger partial charge in [-0.25, -0.2) is 0 Å². The average Bonchev–Trinajstić information content (AvgIpc) is 2.69. The van der Waals surface area contributed by atoms with Crippen molar-refractivity contribution in [2.24, 2.45) is 0 Å². The predicted octanol–water partition coefficient (Wildman–Crippen LogP) is 5.55. The summed E-state index contributed by atoms with van der Waals surface area (Å²) in [6.45, 7) is -0.144. The standard InChI is InChI=1S/C21H14Cl2N2O2/c22-17-7-10-20(19(23)11-17)25-21(26)13-27-18-8-5-16(6-9-18)15-3-1-14(12-24)2-4-15/h1-11H,13H2,(H,25,26). The van der Waals surface area contributed by atoms with E-state index in [1.54, 1.807) is 42.5 Å². The minimum absolute atomic E-state index is 0.144. The first-order valence-corrected chi connectivity index (χ1v) is 8.79. The Hall–Kier alpha value is -3.00. The average molecular weight is 397 g/mol. The van der Waals surface area contributed by atoms with Gasteiger partial charge in [0.15, 0.2) is 6.61 Å². The Bertz CT molecular complexity index is 994. The fourth-order valence-electron chi connectivity index (χ4n) is 2.41. The Balaban J connectivity index is 1.58. The van der Waals surface area contributed by atoms with Crippen LogP contribution in [0.4, 0.5) is 5.69 Å². The van der Waals surface area contributed by atoms with E-state index < -0.39 is 0 Å². The van der Waals surface area contributed by atoms with Crippen LogP contribution in [0.25, 0.3) is 11.1 Å². The van der Waals surface area contributed by atoms with Crippen LogP contribution in [0, 0.1) is 11.3 Å². The Morgan fingerprint density at radius 1 is 0.963 bits per heavy atom. The minimum Gasteiger partial charge on any atom is -0.484 e. The lowest BCUT2D eigenvalue weighted by molar-refractivity contribution is -0.118. The van der Waals surface area contributed by atoms with Crippen LogP contribution in [0.15, 0.2) is 66.7 Å². The third-order valence-electron chi connectivity index (χ3n) is 3.78. The molecule has 0 radical (unpaired) electrons. The third-order valence-corrected chi connectivity index (χ3v) is 4.32. The fraction of sp³-hybridized carbons (Fsp3) is 0.0476. The molecule has 0 saturated carbocycles. The summed E-state index contributed by atoms with van der Waals surface area (Å²) in [5.74, 6) is 0.250. The summed E-state index contributed by atoms with van der Waals surface area (Å²) >= 11 is 11.9. The largest absolute Gasteiger partial charge is 0.484 e. The lowest BCUT2D eigenvalue weighted by atomic mass is 10.0. The summed E-state index contributed by atoms with van der Waals surface area (Å²) in [6.07, 6.45) is 0. The second-order valence-electron chi connectivity index (χ2n) is 5.67. The quantitative estimate of drug-likeness (QED) is 0.614. The van der Waals surface area contributed by atoms with Crippen molar-refractivity contribution in [3.05, 3.63) is 82.3 Å². The Labute approximate surface area is 166 Å². The zero-order chi connectivity index (χ0) is 19.2. The second-order valence-corrected chi connectivity index (χ2v) is 6.52. The number of rotatable bonds is 5. The number of ether oxygens (including phenoxy) is 1. The lowest BCUT2D eigenvalue weighted by Gasteiger charge is -2.09. The van der Waals surface area contributed by atoms with Crippen molar-refractivity contribution in [2.75, 3.05) is 11.9 Å². The molecular weight excluding hydrogens is 383 g/mol. The van der Waals surface area contributed by atoms with Crippen LogP contribution < -0.4 is 10.1 Å². The number of nitrogens with one attached hydrogen (secondary N) is 1. The molecule has 1 N–H and O–H groups in total. The highest BCUT2D eigenvalue weighted by molar-refractivity contribution is 6.36. The zero-order valence-electron chi connectivity index (χ0n) is 14.1. The number of amides is 1. The topological polar surface area (TPSA) is 62.1 Å². The summed E-state index contributed by atoms with van der Waals surface area (Å²) in [6, 6.07) is 21.6.